The smallest absolute Gasteiger partial charge is 0.269 e. The van der Waals surface area contributed by atoms with Crippen LogP contribution in [0.15, 0.2) is 58.5 Å². The lowest BCUT2D eigenvalue weighted by Crippen LogP contribution is -2.22. The van der Waals surface area contributed by atoms with Crippen molar-refractivity contribution in [1.82, 2.24) is 9.55 Å². The quantitative estimate of drug-likeness (QED) is 0.306. The molecule has 0 fully saturated rings. The zero-order chi connectivity index (χ0) is 17.1. The molecule has 1 heterocycles. The number of benzene rings is 2. The average molecular weight is 341 g/mol. The van der Waals surface area contributed by atoms with Gasteiger partial charge in [0.25, 0.3) is 11.2 Å². The molecule has 0 bridgehead atoms. The average Bonchev–Trinajstić information content (AvgIpc) is 2.60. The van der Waals surface area contributed by atoms with Gasteiger partial charge in [0.15, 0.2) is 5.16 Å². The zero-order valence-corrected chi connectivity index (χ0v) is 13.8. The monoisotopic (exact) mass is 341 g/mol. The lowest BCUT2D eigenvalue weighted by atomic mass is 10.2. The number of nitro benzene ring substituents is 1. The van der Waals surface area contributed by atoms with E-state index >= 15 is 0 Å². The Morgan fingerprint density at radius 3 is 2.54 bits per heavy atom. The van der Waals surface area contributed by atoms with Crippen LogP contribution in [0.4, 0.5) is 5.69 Å². The van der Waals surface area contributed by atoms with Crippen molar-refractivity contribution in [3.8, 4) is 0 Å². The van der Waals surface area contributed by atoms with Gasteiger partial charge in [-0.05, 0) is 24.6 Å². The van der Waals surface area contributed by atoms with Crippen molar-refractivity contribution >= 4 is 28.4 Å². The minimum atomic E-state index is -0.420. The third-order valence-corrected chi connectivity index (χ3v) is 4.71. The van der Waals surface area contributed by atoms with Crippen LogP contribution < -0.4 is 5.56 Å². The van der Waals surface area contributed by atoms with Crippen LogP contribution in [0.3, 0.4) is 0 Å². The molecule has 7 heteroatoms. The van der Waals surface area contributed by atoms with Gasteiger partial charge in [-0.25, -0.2) is 4.98 Å². The molecule has 0 amide bonds. The number of nitro groups is 1. The standard InChI is InChI=1S/C17H15N3O3S/c1-2-19-16(21)14-5-3-4-6-15(14)18-17(19)24-11-12-7-9-13(10-8-12)20(22)23/h3-10H,2,11H2,1H3. The summed E-state index contributed by atoms with van der Waals surface area (Å²) in [6, 6.07) is 13.7. The van der Waals surface area contributed by atoms with Crippen molar-refractivity contribution in [3.63, 3.8) is 0 Å². The van der Waals surface area contributed by atoms with Crippen LogP contribution in [0.2, 0.25) is 0 Å². The third-order valence-electron chi connectivity index (χ3n) is 3.66. The Balaban J connectivity index is 1.89. The molecule has 6 nitrogen and oxygen atoms in total. The molecule has 0 atom stereocenters. The normalized spacial score (nSPS) is 10.9. The minimum absolute atomic E-state index is 0.0469. The zero-order valence-electron chi connectivity index (χ0n) is 13.0. The number of non-ortho nitro benzene ring substituents is 1. The number of aromatic nitrogens is 2. The van der Waals surface area contributed by atoms with Gasteiger partial charge in [0, 0.05) is 24.4 Å². The number of thioether (sulfide) groups is 1. The molecule has 3 rings (SSSR count). The Kier molecular flexibility index (Phi) is 4.61. The predicted octanol–water partition coefficient (Wildman–Crippen LogP) is 3.62. The van der Waals surface area contributed by atoms with Crippen LogP contribution in [0.5, 0.6) is 0 Å². The van der Waals surface area contributed by atoms with Gasteiger partial charge in [-0.1, -0.05) is 36.0 Å². The predicted molar refractivity (Wildman–Crippen MR) is 94.3 cm³/mol. The van der Waals surface area contributed by atoms with E-state index in [1.807, 2.05) is 25.1 Å². The molecule has 0 unspecified atom stereocenters. The second-order valence-electron chi connectivity index (χ2n) is 5.17. The van der Waals surface area contributed by atoms with E-state index in [2.05, 4.69) is 4.98 Å². The Morgan fingerprint density at radius 2 is 1.88 bits per heavy atom. The maximum atomic E-state index is 12.5. The molecule has 0 aliphatic heterocycles. The molecular formula is C17H15N3O3S. The topological polar surface area (TPSA) is 78.0 Å². The summed E-state index contributed by atoms with van der Waals surface area (Å²) in [5.41, 5.74) is 1.64. The van der Waals surface area contributed by atoms with Gasteiger partial charge < -0.3 is 0 Å². The Morgan fingerprint density at radius 1 is 1.17 bits per heavy atom. The maximum absolute atomic E-state index is 12.5. The van der Waals surface area contributed by atoms with Crippen LogP contribution in [0.1, 0.15) is 12.5 Å². The lowest BCUT2D eigenvalue weighted by Gasteiger charge is -2.11. The molecule has 24 heavy (non-hydrogen) atoms. The number of para-hydroxylation sites is 1. The van der Waals surface area contributed by atoms with Crippen LogP contribution >= 0.6 is 11.8 Å². The van der Waals surface area contributed by atoms with Crippen molar-refractivity contribution in [2.45, 2.75) is 24.4 Å². The highest BCUT2D eigenvalue weighted by Crippen LogP contribution is 2.23. The highest BCUT2D eigenvalue weighted by atomic mass is 32.2. The molecule has 0 saturated carbocycles. The van der Waals surface area contributed by atoms with E-state index in [-0.39, 0.29) is 11.2 Å². The van der Waals surface area contributed by atoms with Gasteiger partial charge in [-0.15, -0.1) is 0 Å². The fourth-order valence-electron chi connectivity index (χ4n) is 2.40. The molecule has 0 radical (unpaired) electrons. The van der Waals surface area contributed by atoms with E-state index in [9.17, 15) is 14.9 Å². The summed E-state index contributed by atoms with van der Waals surface area (Å²) in [5.74, 6) is 0.586. The fraction of sp³-hybridized carbons (Fsp3) is 0.176. The second kappa shape index (κ2) is 6.84. The van der Waals surface area contributed by atoms with E-state index in [0.29, 0.717) is 28.4 Å². The molecule has 2 aromatic carbocycles. The number of fused-ring (bicyclic) bond motifs is 1. The molecular weight excluding hydrogens is 326 g/mol. The van der Waals surface area contributed by atoms with Crippen molar-refractivity contribution in [1.29, 1.82) is 0 Å². The lowest BCUT2D eigenvalue weighted by molar-refractivity contribution is -0.384. The second-order valence-corrected chi connectivity index (χ2v) is 6.12. The Labute approximate surface area is 142 Å². The molecule has 122 valence electrons. The molecule has 3 aromatic rings. The van der Waals surface area contributed by atoms with E-state index in [1.165, 1.54) is 23.9 Å². The van der Waals surface area contributed by atoms with Crippen LogP contribution in [0.25, 0.3) is 10.9 Å². The summed E-state index contributed by atoms with van der Waals surface area (Å²) < 4.78 is 1.65. The minimum Gasteiger partial charge on any atom is -0.287 e. The van der Waals surface area contributed by atoms with Crippen molar-refractivity contribution < 1.29 is 4.92 Å². The summed E-state index contributed by atoms with van der Waals surface area (Å²) in [5, 5.41) is 12.0. The van der Waals surface area contributed by atoms with Crippen molar-refractivity contribution in [2.24, 2.45) is 0 Å². The summed E-state index contributed by atoms with van der Waals surface area (Å²) in [6.07, 6.45) is 0. The number of rotatable bonds is 5. The third kappa shape index (κ3) is 3.16. The number of hydrogen-bond donors (Lipinski definition) is 0. The van der Waals surface area contributed by atoms with Gasteiger partial charge in [0.1, 0.15) is 0 Å². The first-order chi connectivity index (χ1) is 11.6. The molecule has 0 aliphatic carbocycles. The highest BCUT2D eigenvalue weighted by Gasteiger charge is 2.11. The molecule has 0 N–H and O–H groups in total. The summed E-state index contributed by atoms with van der Waals surface area (Å²) in [6.45, 7) is 2.45. The first kappa shape index (κ1) is 16.2. The van der Waals surface area contributed by atoms with E-state index in [1.54, 1.807) is 22.8 Å². The molecule has 0 spiro atoms. The largest absolute Gasteiger partial charge is 0.287 e. The van der Waals surface area contributed by atoms with E-state index in [4.69, 9.17) is 0 Å². The highest BCUT2D eigenvalue weighted by molar-refractivity contribution is 7.98. The number of nitrogens with zero attached hydrogens (tertiary/aromatic N) is 3. The molecule has 1 aromatic heterocycles. The van der Waals surface area contributed by atoms with Gasteiger partial charge in [-0.3, -0.25) is 19.5 Å². The summed E-state index contributed by atoms with van der Waals surface area (Å²) in [4.78, 5) is 27.4. The first-order valence-corrected chi connectivity index (χ1v) is 8.44. The number of hydrogen-bond acceptors (Lipinski definition) is 5. The van der Waals surface area contributed by atoms with Crippen LogP contribution in [-0.2, 0) is 12.3 Å². The van der Waals surface area contributed by atoms with Gasteiger partial charge in [0.05, 0.1) is 15.8 Å². The van der Waals surface area contributed by atoms with Gasteiger partial charge >= 0.3 is 0 Å². The van der Waals surface area contributed by atoms with Crippen molar-refractivity contribution in [2.75, 3.05) is 0 Å². The Hall–Kier alpha value is -2.67. The van der Waals surface area contributed by atoms with Crippen LogP contribution in [-0.4, -0.2) is 14.5 Å². The SMILES string of the molecule is CCn1c(SCc2ccc([N+](=O)[O-])cc2)nc2ccccc2c1=O. The summed E-state index contributed by atoms with van der Waals surface area (Å²) in [7, 11) is 0. The van der Waals surface area contributed by atoms with E-state index < -0.39 is 4.92 Å². The molecule has 0 saturated heterocycles. The van der Waals surface area contributed by atoms with Crippen molar-refractivity contribution in [3.05, 3.63) is 74.6 Å². The Bertz CT molecular complexity index is 951. The van der Waals surface area contributed by atoms with E-state index in [0.717, 1.165) is 5.56 Å². The summed E-state index contributed by atoms with van der Waals surface area (Å²) >= 11 is 1.45. The van der Waals surface area contributed by atoms with Gasteiger partial charge in [0.2, 0.25) is 0 Å². The maximum Gasteiger partial charge on any atom is 0.269 e. The fourth-order valence-corrected chi connectivity index (χ4v) is 3.42. The van der Waals surface area contributed by atoms with Gasteiger partial charge in [-0.2, -0.15) is 0 Å². The molecule has 0 aliphatic rings. The first-order valence-electron chi connectivity index (χ1n) is 7.46. The van der Waals surface area contributed by atoms with Crippen LogP contribution in [0, 0.1) is 10.1 Å².